The van der Waals surface area contributed by atoms with Crippen LogP contribution in [-0.4, -0.2) is 38.0 Å². The van der Waals surface area contributed by atoms with Gasteiger partial charge in [-0.2, -0.15) is 0 Å². The lowest BCUT2D eigenvalue weighted by molar-refractivity contribution is -0.137. The normalized spacial score (nSPS) is 12.1. The number of carbonyl (C=O) groups excluding carboxylic acids is 1. The van der Waals surface area contributed by atoms with E-state index in [1.54, 1.807) is 30.3 Å². The van der Waals surface area contributed by atoms with Crippen molar-refractivity contribution in [2.24, 2.45) is 5.73 Å². The molecular weight excluding hydrogens is 393 g/mol. The molecule has 2 heterocycles. The number of fused-ring (bicyclic) bond motifs is 1. The Morgan fingerprint density at radius 3 is 2.30 bits per heavy atom. The third-order valence-electron chi connectivity index (χ3n) is 4.43. The molecule has 30 heavy (non-hydrogen) atoms. The smallest absolute Gasteiger partial charge is 0.328 e. The Morgan fingerprint density at radius 2 is 1.67 bits per heavy atom. The van der Waals surface area contributed by atoms with Crippen molar-refractivity contribution in [1.29, 1.82) is 0 Å². The zero-order valence-electron chi connectivity index (χ0n) is 15.2. The van der Waals surface area contributed by atoms with Crippen molar-refractivity contribution in [2.75, 3.05) is 0 Å². The second kappa shape index (κ2) is 7.37. The number of rotatable bonds is 5. The Bertz CT molecular complexity index is 1270. The van der Waals surface area contributed by atoms with Gasteiger partial charge in [0.25, 0.3) is 0 Å². The van der Waals surface area contributed by atoms with Crippen LogP contribution in [0.5, 0.6) is 5.75 Å². The fourth-order valence-electron chi connectivity index (χ4n) is 2.91. The number of carboxylic acids is 1. The van der Waals surface area contributed by atoms with Crippen molar-refractivity contribution < 1.29 is 28.6 Å². The van der Waals surface area contributed by atoms with Crippen LogP contribution >= 0.6 is 0 Å². The molecule has 0 saturated carbocycles. The maximum atomic E-state index is 13.4. The summed E-state index contributed by atoms with van der Waals surface area (Å²) in [7, 11) is 0. The SMILES string of the molecule is NC(C(=O)O)C(=O)c1nc(-c2ccc(F)cc2)c2nc(-c3ccccc3)oc2c1O. The van der Waals surface area contributed by atoms with E-state index in [4.69, 9.17) is 15.3 Å². The van der Waals surface area contributed by atoms with Crippen molar-refractivity contribution in [3.63, 3.8) is 0 Å². The molecule has 0 aliphatic carbocycles. The molecule has 4 rings (SSSR count). The minimum atomic E-state index is -1.93. The molecule has 4 aromatic rings. The minimum absolute atomic E-state index is 0.106. The first kappa shape index (κ1) is 19.2. The summed E-state index contributed by atoms with van der Waals surface area (Å²) in [6, 6.07) is 12.1. The maximum Gasteiger partial charge on any atom is 0.328 e. The van der Waals surface area contributed by atoms with E-state index in [1.165, 1.54) is 24.3 Å². The third-order valence-corrected chi connectivity index (χ3v) is 4.43. The van der Waals surface area contributed by atoms with E-state index in [1.807, 2.05) is 0 Å². The van der Waals surface area contributed by atoms with Gasteiger partial charge in [-0.25, -0.2) is 14.4 Å². The van der Waals surface area contributed by atoms with Crippen LogP contribution in [0.3, 0.4) is 0 Å². The van der Waals surface area contributed by atoms with E-state index in [0.717, 1.165) is 0 Å². The lowest BCUT2D eigenvalue weighted by Crippen LogP contribution is -2.39. The van der Waals surface area contributed by atoms with Gasteiger partial charge in [0.05, 0.1) is 0 Å². The monoisotopic (exact) mass is 407 g/mol. The van der Waals surface area contributed by atoms with E-state index in [-0.39, 0.29) is 22.7 Å². The van der Waals surface area contributed by atoms with Crippen LogP contribution in [0.25, 0.3) is 33.8 Å². The summed E-state index contributed by atoms with van der Waals surface area (Å²) in [6.45, 7) is 0. The van der Waals surface area contributed by atoms with Gasteiger partial charge in [-0.3, -0.25) is 9.59 Å². The van der Waals surface area contributed by atoms with Gasteiger partial charge in [0.2, 0.25) is 17.3 Å². The summed E-state index contributed by atoms with van der Waals surface area (Å²) in [6.07, 6.45) is 0. The molecule has 0 bridgehead atoms. The van der Waals surface area contributed by atoms with Crippen molar-refractivity contribution in [2.45, 2.75) is 6.04 Å². The Hall–Kier alpha value is -4.11. The summed E-state index contributed by atoms with van der Waals surface area (Å²) in [5.41, 5.74) is 5.89. The van der Waals surface area contributed by atoms with Gasteiger partial charge >= 0.3 is 5.97 Å². The molecule has 2 aromatic carbocycles. The van der Waals surface area contributed by atoms with E-state index < -0.39 is 35.1 Å². The molecule has 9 heteroatoms. The first-order valence-corrected chi connectivity index (χ1v) is 8.74. The maximum absolute atomic E-state index is 13.4. The van der Waals surface area contributed by atoms with Crippen molar-refractivity contribution in [1.82, 2.24) is 9.97 Å². The van der Waals surface area contributed by atoms with Gasteiger partial charge in [0.15, 0.2) is 17.5 Å². The lowest BCUT2D eigenvalue weighted by atomic mass is 10.1. The molecule has 0 amide bonds. The number of aliphatic carboxylic acids is 1. The highest BCUT2D eigenvalue weighted by molar-refractivity contribution is 6.14. The van der Waals surface area contributed by atoms with Gasteiger partial charge in [0, 0.05) is 11.1 Å². The predicted octanol–water partition coefficient (Wildman–Crippen LogP) is 3.00. The fraction of sp³-hybridized carbons (Fsp3) is 0.0476. The van der Waals surface area contributed by atoms with E-state index in [0.29, 0.717) is 11.1 Å². The summed E-state index contributed by atoms with van der Waals surface area (Å²) >= 11 is 0. The van der Waals surface area contributed by atoms with Gasteiger partial charge in [-0.15, -0.1) is 0 Å². The van der Waals surface area contributed by atoms with Crippen LogP contribution in [0.1, 0.15) is 10.5 Å². The zero-order chi connectivity index (χ0) is 21.4. The second-order valence-corrected chi connectivity index (χ2v) is 6.41. The molecule has 0 aliphatic rings. The minimum Gasteiger partial charge on any atom is -0.503 e. The van der Waals surface area contributed by atoms with Crippen molar-refractivity contribution in [3.05, 3.63) is 66.1 Å². The topological polar surface area (TPSA) is 140 Å². The standard InChI is InChI=1S/C21H14FN3O5/c22-12-8-6-10(7-9-12)14-15-19(30-20(25-15)11-4-2-1-3-5-11)18(27)16(24-14)17(26)13(23)21(28)29/h1-9,13,27H,23H2,(H,28,29). The number of nitrogens with two attached hydrogens (primary N) is 1. The number of carbonyl (C=O) groups is 2. The molecule has 4 N–H and O–H groups in total. The molecule has 0 fully saturated rings. The molecule has 0 spiro atoms. The highest BCUT2D eigenvalue weighted by Crippen LogP contribution is 2.37. The molecule has 0 aliphatic heterocycles. The number of ketones is 1. The van der Waals surface area contributed by atoms with Gasteiger partial charge in [-0.05, 0) is 36.4 Å². The highest BCUT2D eigenvalue weighted by atomic mass is 19.1. The van der Waals surface area contributed by atoms with E-state index in [9.17, 15) is 19.1 Å². The fourth-order valence-corrected chi connectivity index (χ4v) is 2.91. The van der Waals surface area contributed by atoms with Crippen LogP contribution < -0.4 is 5.73 Å². The predicted molar refractivity (Wildman–Crippen MR) is 104 cm³/mol. The number of oxazole rings is 1. The molecule has 1 unspecified atom stereocenters. The highest BCUT2D eigenvalue weighted by Gasteiger charge is 2.30. The molecule has 2 aromatic heterocycles. The number of benzene rings is 2. The number of halogens is 1. The molecule has 0 saturated heterocycles. The average Bonchev–Trinajstić information content (AvgIpc) is 3.20. The second-order valence-electron chi connectivity index (χ2n) is 6.41. The van der Waals surface area contributed by atoms with Crippen LogP contribution in [0.15, 0.2) is 59.0 Å². The quantitative estimate of drug-likeness (QED) is 0.339. The lowest BCUT2D eigenvalue weighted by Gasteiger charge is -2.09. The van der Waals surface area contributed by atoms with Crippen LogP contribution in [-0.2, 0) is 4.79 Å². The van der Waals surface area contributed by atoms with Gasteiger partial charge in [0.1, 0.15) is 17.0 Å². The number of nitrogens with zero attached hydrogens (tertiary/aromatic N) is 2. The largest absolute Gasteiger partial charge is 0.503 e. The Kier molecular flexibility index (Phi) is 4.72. The number of aromatic hydroxyl groups is 1. The molecular formula is C21H14FN3O5. The average molecular weight is 407 g/mol. The van der Waals surface area contributed by atoms with Crippen LogP contribution in [0, 0.1) is 5.82 Å². The first-order chi connectivity index (χ1) is 14.4. The number of hydrogen-bond donors (Lipinski definition) is 3. The number of Topliss-reactive ketones (excluding diaryl/α,β-unsaturated/α-hetero) is 1. The molecule has 1 atom stereocenters. The Morgan fingerprint density at radius 1 is 1.00 bits per heavy atom. The van der Waals surface area contributed by atoms with Crippen molar-refractivity contribution in [3.8, 4) is 28.5 Å². The molecule has 0 radical (unpaired) electrons. The van der Waals surface area contributed by atoms with E-state index >= 15 is 0 Å². The molecule has 8 nitrogen and oxygen atoms in total. The first-order valence-electron chi connectivity index (χ1n) is 8.74. The molecule has 150 valence electrons. The van der Waals surface area contributed by atoms with Gasteiger partial charge in [-0.1, -0.05) is 18.2 Å². The van der Waals surface area contributed by atoms with Crippen LogP contribution in [0.4, 0.5) is 4.39 Å². The van der Waals surface area contributed by atoms with E-state index in [2.05, 4.69) is 9.97 Å². The number of pyridine rings is 1. The van der Waals surface area contributed by atoms with Crippen LogP contribution in [0.2, 0.25) is 0 Å². The van der Waals surface area contributed by atoms with Gasteiger partial charge < -0.3 is 20.4 Å². The summed E-state index contributed by atoms with van der Waals surface area (Å²) < 4.78 is 19.1. The number of aromatic nitrogens is 2. The zero-order valence-corrected chi connectivity index (χ0v) is 15.2. The summed E-state index contributed by atoms with van der Waals surface area (Å²) in [5, 5.41) is 19.7. The third kappa shape index (κ3) is 3.27. The Balaban J connectivity index is 2.00. The van der Waals surface area contributed by atoms with Crippen molar-refractivity contribution >= 4 is 22.9 Å². The number of carboxylic acid groups (broad SMARTS) is 1. The summed E-state index contributed by atoms with van der Waals surface area (Å²) in [5.74, 6) is -3.69. The summed E-state index contributed by atoms with van der Waals surface area (Å²) in [4.78, 5) is 32.2. The Labute approximate surface area is 168 Å². The number of hydrogen-bond acceptors (Lipinski definition) is 7.